The van der Waals surface area contributed by atoms with E-state index >= 15 is 0 Å². The number of nitrogens with one attached hydrogen (secondary N) is 1. The minimum atomic E-state index is -0.210. The Kier molecular flexibility index (Phi) is 3.79. The van der Waals surface area contributed by atoms with Crippen molar-refractivity contribution >= 4 is 29.2 Å². The van der Waals surface area contributed by atoms with Crippen molar-refractivity contribution in [3.05, 3.63) is 41.6 Å². The highest BCUT2D eigenvalue weighted by atomic mass is 32.2. The minimum Gasteiger partial charge on any atom is -0.384 e. The fourth-order valence-electron chi connectivity index (χ4n) is 2.35. The zero-order valence-corrected chi connectivity index (χ0v) is 12.5. The van der Waals surface area contributed by atoms with E-state index < -0.39 is 0 Å². The summed E-state index contributed by atoms with van der Waals surface area (Å²) < 4.78 is 0. The van der Waals surface area contributed by atoms with Crippen LogP contribution in [0.15, 0.2) is 35.5 Å². The summed E-state index contributed by atoms with van der Waals surface area (Å²) >= 11 is 1.37. The van der Waals surface area contributed by atoms with Crippen molar-refractivity contribution in [1.82, 2.24) is 9.97 Å². The van der Waals surface area contributed by atoms with Crippen molar-refractivity contribution < 1.29 is 4.79 Å². The molecule has 1 aromatic heterocycles. The van der Waals surface area contributed by atoms with Gasteiger partial charge in [-0.25, -0.2) is 9.97 Å². The van der Waals surface area contributed by atoms with Gasteiger partial charge >= 0.3 is 0 Å². The van der Waals surface area contributed by atoms with Crippen LogP contribution in [0, 0.1) is 6.92 Å². The SMILES string of the molecule is Cc1cc(N)nc(SC2CCc3ccccc3NC2=O)n1. The third-order valence-electron chi connectivity index (χ3n) is 3.34. The number of aryl methyl sites for hydroxylation is 2. The van der Waals surface area contributed by atoms with E-state index in [0.29, 0.717) is 11.0 Å². The Morgan fingerprint density at radius 3 is 2.95 bits per heavy atom. The number of para-hydroxylation sites is 1. The van der Waals surface area contributed by atoms with Crippen LogP contribution in [-0.2, 0) is 11.2 Å². The summed E-state index contributed by atoms with van der Waals surface area (Å²) in [6.07, 6.45) is 1.61. The van der Waals surface area contributed by atoms with Crippen molar-refractivity contribution in [3.63, 3.8) is 0 Å². The summed E-state index contributed by atoms with van der Waals surface area (Å²) in [5.74, 6) is 0.427. The molecule has 1 aromatic carbocycles. The van der Waals surface area contributed by atoms with Crippen LogP contribution >= 0.6 is 11.8 Å². The third kappa shape index (κ3) is 3.16. The maximum atomic E-state index is 12.3. The Labute approximate surface area is 127 Å². The number of carbonyl (C=O) groups is 1. The van der Waals surface area contributed by atoms with Gasteiger partial charge in [-0.15, -0.1) is 0 Å². The van der Waals surface area contributed by atoms with Gasteiger partial charge in [0.05, 0.1) is 5.25 Å². The molecule has 1 atom stereocenters. The smallest absolute Gasteiger partial charge is 0.237 e. The summed E-state index contributed by atoms with van der Waals surface area (Å²) in [5.41, 5.74) is 8.61. The first-order valence-corrected chi connectivity index (χ1v) is 7.66. The Morgan fingerprint density at radius 2 is 2.14 bits per heavy atom. The largest absolute Gasteiger partial charge is 0.384 e. The Morgan fingerprint density at radius 1 is 1.33 bits per heavy atom. The van der Waals surface area contributed by atoms with E-state index in [9.17, 15) is 4.79 Å². The molecule has 0 fully saturated rings. The molecule has 5 nitrogen and oxygen atoms in total. The topological polar surface area (TPSA) is 80.9 Å². The zero-order chi connectivity index (χ0) is 14.8. The zero-order valence-electron chi connectivity index (χ0n) is 11.7. The van der Waals surface area contributed by atoms with E-state index in [0.717, 1.165) is 24.2 Å². The number of benzene rings is 1. The number of nitrogen functional groups attached to an aromatic ring is 1. The highest BCUT2D eigenvalue weighted by molar-refractivity contribution is 8.00. The Hall–Kier alpha value is -2.08. The fraction of sp³-hybridized carbons (Fsp3) is 0.267. The first-order valence-electron chi connectivity index (χ1n) is 6.78. The van der Waals surface area contributed by atoms with Gasteiger partial charge < -0.3 is 11.1 Å². The maximum absolute atomic E-state index is 12.3. The van der Waals surface area contributed by atoms with Gasteiger partial charge in [-0.05, 0) is 31.4 Å². The summed E-state index contributed by atoms with van der Waals surface area (Å²) in [7, 11) is 0. The lowest BCUT2D eigenvalue weighted by Crippen LogP contribution is -2.24. The van der Waals surface area contributed by atoms with Crippen molar-refractivity contribution in [3.8, 4) is 0 Å². The van der Waals surface area contributed by atoms with Gasteiger partial charge in [0, 0.05) is 17.4 Å². The number of fused-ring (bicyclic) bond motifs is 1. The molecule has 0 saturated carbocycles. The molecule has 2 aromatic rings. The van der Waals surface area contributed by atoms with E-state index in [-0.39, 0.29) is 11.2 Å². The molecule has 6 heteroatoms. The average molecular weight is 300 g/mol. The number of thioether (sulfide) groups is 1. The van der Waals surface area contributed by atoms with Crippen molar-refractivity contribution in [2.75, 3.05) is 11.1 Å². The molecule has 2 heterocycles. The number of hydrogen-bond donors (Lipinski definition) is 2. The summed E-state index contributed by atoms with van der Waals surface area (Å²) in [6.45, 7) is 1.87. The molecule has 1 unspecified atom stereocenters. The molecule has 1 amide bonds. The first kappa shape index (κ1) is 13.9. The van der Waals surface area contributed by atoms with Crippen molar-refractivity contribution in [2.24, 2.45) is 0 Å². The van der Waals surface area contributed by atoms with Crippen LogP contribution in [-0.4, -0.2) is 21.1 Å². The van der Waals surface area contributed by atoms with Crippen LogP contribution in [0.5, 0.6) is 0 Å². The second-order valence-electron chi connectivity index (χ2n) is 5.01. The van der Waals surface area contributed by atoms with Gasteiger partial charge in [-0.1, -0.05) is 30.0 Å². The second-order valence-corrected chi connectivity index (χ2v) is 6.18. The number of rotatable bonds is 2. The number of nitrogens with two attached hydrogens (primary N) is 1. The average Bonchev–Trinajstić information content (AvgIpc) is 2.58. The second kappa shape index (κ2) is 5.73. The molecular formula is C15H16N4OS. The summed E-state index contributed by atoms with van der Waals surface area (Å²) in [5, 5.41) is 3.32. The van der Waals surface area contributed by atoms with Gasteiger partial charge in [0.25, 0.3) is 0 Å². The standard InChI is InChI=1S/C15H16N4OS/c1-9-8-13(16)19-15(17-9)21-12-7-6-10-4-2-3-5-11(10)18-14(12)20/h2-5,8,12H,6-7H2,1H3,(H,18,20)(H2,16,17,19). The third-order valence-corrected chi connectivity index (χ3v) is 4.47. The number of hydrogen-bond acceptors (Lipinski definition) is 5. The van der Waals surface area contributed by atoms with E-state index in [2.05, 4.69) is 15.3 Å². The van der Waals surface area contributed by atoms with Crippen molar-refractivity contribution in [1.29, 1.82) is 0 Å². The number of aromatic nitrogens is 2. The predicted octanol–water partition coefficient (Wildman–Crippen LogP) is 2.41. The van der Waals surface area contributed by atoms with E-state index in [1.807, 2.05) is 31.2 Å². The maximum Gasteiger partial charge on any atom is 0.237 e. The predicted molar refractivity (Wildman–Crippen MR) is 84.2 cm³/mol. The summed E-state index contributed by atoms with van der Waals surface area (Å²) in [4.78, 5) is 20.9. The van der Waals surface area contributed by atoms with Crippen molar-refractivity contribution in [2.45, 2.75) is 30.2 Å². The number of carbonyl (C=O) groups excluding carboxylic acids is 1. The normalized spacial score (nSPS) is 17.8. The Bertz CT molecular complexity index is 669. The van der Waals surface area contributed by atoms with Crippen LogP contribution in [0.4, 0.5) is 11.5 Å². The summed E-state index contributed by atoms with van der Waals surface area (Å²) in [6, 6.07) is 9.61. The highest BCUT2D eigenvalue weighted by Gasteiger charge is 2.25. The molecule has 1 aliphatic rings. The van der Waals surface area contributed by atoms with E-state index in [4.69, 9.17) is 5.73 Å². The molecule has 0 saturated heterocycles. The monoisotopic (exact) mass is 300 g/mol. The molecule has 21 heavy (non-hydrogen) atoms. The van der Waals surface area contributed by atoms with Crippen LogP contribution in [0.3, 0.4) is 0 Å². The molecule has 108 valence electrons. The number of anilines is 2. The van der Waals surface area contributed by atoms with Gasteiger partial charge in [0.1, 0.15) is 5.82 Å². The number of nitrogens with zero attached hydrogens (tertiary/aromatic N) is 2. The first-order chi connectivity index (χ1) is 10.1. The van der Waals surface area contributed by atoms with Gasteiger partial charge in [-0.2, -0.15) is 0 Å². The van der Waals surface area contributed by atoms with Gasteiger partial charge in [0.15, 0.2) is 5.16 Å². The molecule has 0 spiro atoms. The quantitative estimate of drug-likeness (QED) is 0.832. The molecule has 0 bridgehead atoms. The lowest BCUT2D eigenvalue weighted by molar-refractivity contribution is -0.115. The van der Waals surface area contributed by atoms with Gasteiger partial charge in [0.2, 0.25) is 5.91 Å². The molecular weight excluding hydrogens is 284 g/mol. The van der Waals surface area contributed by atoms with Crippen LogP contribution in [0.1, 0.15) is 17.7 Å². The van der Waals surface area contributed by atoms with Gasteiger partial charge in [-0.3, -0.25) is 4.79 Å². The molecule has 1 aliphatic heterocycles. The number of amides is 1. The fourth-order valence-corrected chi connectivity index (χ4v) is 3.36. The highest BCUT2D eigenvalue weighted by Crippen LogP contribution is 2.30. The lowest BCUT2D eigenvalue weighted by Gasteiger charge is -2.12. The van der Waals surface area contributed by atoms with E-state index in [1.165, 1.54) is 17.3 Å². The lowest BCUT2D eigenvalue weighted by atomic mass is 10.1. The Balaban J connectivity index is 1.79. The molecule has 3 rings (SSSR count). The molecule has 0 aliphatic carbocycles. The van der Waals surface area contributed by atoms with E-state index in [1.54, 1.807) is 6.07 Å². The molecule has 0 radical (unpaired) electrons. The van der Waals surface area contributed by atoms with Crippen LogP contribution in [0.2, 0.25) is 0 Å². The minimum absolute atomic E-state index is 0.00590. The molecule has 3 N–H and O–H groups in total. The van der Waals surface area contributed by atoms with Crippen LogP contribution < -0.4 is 11.1 Å². The van der Waals surface area contributed by atoms with Crippen LogP contribution in [0.25, 0.3) is 0 Å².